The first-order valence-corrected chi connectivity index (χ1v) is 14.5. The minimum Gasteiger partial charge on any atom is -0.492 e. The third-order valence-electron chi connectivity index (χ3n) is 7.62. The van der Waals surface area contributed by atoms with E-state index in [-0.39, 0.29) is 37.3 Å². The fourth-order valence-electron chi connectivity index (χ4n) is 4.96. The second-order valence-corrected chi connectivity index (χ2v) is 11.0. The Morgan fingerprint density at radius 3 is 2.56 bits per heavy atom. The third-order valence-corrected chi connectivity index (χ3v) is 7.88. The number of hydrogen-bond donors (Lipinski definition) is 4. The van der Waals surface area contributed by atoms with Gasteiger partial charge < -0.3 is 30.7 Å². The van der Waals surface area contributed by atoms with Crippen LogP contribution < -0.4 is 26.0 Å². The molecule has 10 heteroatoms. The van der Waals surface area contributed by atoms with E-state index in [4.69, 9.17) is 21.1 Å². The van der Waals surface area contributed by atoms with Gasteiger partial charge in [0.05, 0.1) is 12.6 Å². The summed E-state index contributed by atoms with van der Waals surface area (Å²) in [6, 6.07) is 13.3. The number of hydrogen-bond acceptors (Lipinski definition) is 6. The van der Waals surface area contributed by atoms with Crippen molar-refractivity contribution < 1.29 is 23.9 Å². The first-order chi connectivity index (χ1) is 19.8. The summed E-state index contributed by atoms with van der Waals surface area (Å²) >= 11 is 6.05. The summed E-state index contributed by atoms with van der Waals surface area (Å²) in [5.41, 5.74) is 0.415. The van der Waals surface area contributed by atoms with Gasteiger partial charge in [-0.3, -0.25) is 14.4 Å². The van der Waals surface area contributed by atoms with E-state index in [0.29, 0.717) is 37.0 Å². The molecule has 0 saturated carbocycles. The van der Waals surface area contributed by atoms with Gasteiger partial charge in [-0.2, -0.15) is 0 Å². The van der Waals surface area contributed by atoms with Crippen molar-refractivity contribution in [2.45, 2.75) is 50.7 Å². The molecule has 1 saturated heterocycles. The number of rotatable bonds is 4. The zero-order valence-corrected chi connectivity index (χ0v) is 24.3. The molecule has 3 amide bonds. The molecule has 4 atom stereocenters. The Hall–Kier alpha value is -3.40. The summed E-state index contributed by atoms with van der Waals surface area (Å²) in [6.07, 6.45) is 5.04. The highest BCUT2D eigenvalue weighted by Gasteiger charge is 2.46. The lowest BCUT2D eigenvalue weighted by Crippen LogP contribution is -2.65. The van der Waals surface area contributed by atoms with E-state index in [9.17, 15) is 14.4 Å². The molecule has 4 N–H and O–H groups in total. The Kier molecular flexibility index (Phi) is 10.8. The summed E-state index contributed by atoms with van der Waals surface area (Å²) < 4.78 is 11.6. The van der Waals surface area contributed by atoms with Gasteiger partial charge in [0.25, 0.3) is 0 Å². The number of fused-ring (bicyclic) bond motifs is 1. The molecule has 2 aromatic carbocycles. The van der Waals surface area contributed by atoms with Crippen molar-refractivity contribution >= 4 is 35.4 Å². The molecule has 2 aliphatic rings. The Morgan fingerprint density at radius 2 is 1.83 bits per heavy atom. The number of carbonyl (C=O) groups excluding carboxylic acids is 3. The minimum atomic E-state index is -1.29. The van der Waals surface area contributed by atoms with Gasteiger partial charge in [0.15, 0.2) is 0 Å². The molecule has 1 spiro atoms. The van der Waals surface area contributed by atoms with E-state index in [0.717, 1.165) is 17.5 Å². The van der Waals surface area contributed by atoms with Crippen molar-refractivity contribution in [3.05, 3.63) is 70.8 Å². The van der Waals surface area contributed by atoms with E-state index in [1.165, 1.54) is 0 Å². The molecule has 0 aliphatic carbocycles. The van der Waals surface area contributed by atoms with Crippen LogP contribution >= 0.6 is 11.6 Å². The summed E-state index contributed by atoms with van der Waals surface area (Å²) in [5, 5.41) is 12.7. The van der Waals surface area contributed by atoms with Crippen LogP contribution in [0.25, 0.3) is 6.08 Å². The second kappa shape index (κ2) is 14.5. The Labute approximate surface area is 246 Å². The van der Waals surface area contributed by atoms with E-state index in [2.05, 4.69) is 21.3 Å². The van der Waals surface area contributed by atoms with Crippen molar-refractivity contribution in [1.82, 2.24) is 21.3 Å². The van der Waals surface area contributed by atoms with Crippen molar-refractivity contribution in [1.29, 1.82) is 0 Å². The smallest absolute Gasteiger partial charge is 0.248 e. The lowest BCUT2D eigenvalue weighted by molar-refractivity contribution is -0.137. The van der Waals surface area contributed by atoms with Gasteiger partial charge in [-0.15, -0.1) is 0 Å². The molecule has 1 fully saturated rings. The molecule has 9 nitrogen and oxygen atoms in total. The Balaban J connectivity index is 1.64. The average Bonchev–Trinajstić information content (AvgIpc) is 3.45. The fraction of sp³-hybridized carbons (Fsp3) is 0.452. The summed E-state index contributed by atoms with van der Waals surface area (Å²) in [6.45, 7) is 5.40. The maximum atomic E-state index is 13.8. The van der Waals surface area contributed by atoms with Gasteiger partial charge in [-0.1, -0.05) is 74.4 Å². The van der Waals surface area contributed by atoms with E-state index in [1.807, 2.05) is 62.4 Å². The van der Waals surface area contributed by atoms with Gasteiger partial charge >= 0.3 is 0 Å². The van der Waals surface area contributed by atoms with Crippen molar-refractivity contribution in [3.63, 3.8) is 0 Å². The van der Waals surface area contributed by atoms with Crippen LogP contribution in [0.3, 0.4) is 0 Å². The average molecular weight is 583 g/mol. The predicted octanol–water partition coefficient (Wildman–Crippen LogP) is 2.87. The number of amides is 3. The molecule has 0 aromatic heterocycles. The quantitative estimate of drug-likeness (QED) is 0.440. The summed E-state index contributed by atoms with van der Waals surface area (Å²) in [5.74, 6) is -0.375. The van der Waals surface area contributed by atoms with E-state index >= 15 is 0 Å². The predicted molar refractivity (Wildman–Crippen MR) is 159 cm³/mol. The van der Waals surface area contributed by atoms with Crippen LogP contribution in [0.4, 0.5) is 0 Å². The number of para-hydroxylation sites is 1. The largest absolute Gasteiger partial charge is 0.492 e. The monoisotopic (exact) mass is 582 g/mol. The SMILES string of the molecule is CCC(C)C1NCCOc2ccccc2/C=C\CNC(=O)C(Cc2ccc(Cl)cc2)NC(=O)C2(CCOC2)NC1=O. The topological polar surface area (TPSA) is 118 Å². The van der Waals surface area contributed by atoms with Crippen LogP contribution in [0.1, 0.15) is 37.8 Å². The van der Waals surface area contributed by atoms with Crippen molar-refractivity contribution in [2.24, 2.45) is 5.92 Å². The molecule has 4 unspecified atom stereocenters. The fourth-order valence-corrected chi connectivity index (χ4v) is 5.08. The van der Waals surface area contributed by atoms with Gasteiger partial charge in [-0.25, -0.2) is 0 Å². The number of halogens is 1. The highest BCUT2D eigenvalue weighted by Crippen LogP contribution is 2.22. The molecular weight excluding hydrogens is 544 g/mol. The molecule has 2 aliphatic heterocycles. The van der Waals surface area contributed by atoms with Crippen LogP contribution in [-0.4, -0.2) is 68.3 Å². The molecular formula is C31H39ClN4O5. The Morgan fingerprint density at radius 1 is 1.05 bits per heavy atom. The highest BCUT2D eigenvalue weighted by molar-refractivity contribution is 6.30. The third kappa shape index (κ3) is 8.09. The molecule has 220 valence electrons. The number of carbonyl (C=O) groups is 3. The molecule has 41 heavy (non-hydrogen) atoms. The summed E-state index contributed by atoms with van der Waals surface area (Å²) in [7, 11) is 0. The van der Waals surface area contributed by atoms with Crippen LogP contribution in [0, 0.1) is 5.92 Å². The maximum Gasteiger partial charge on any atom is 0.248 e. The summed E-state index contributed by atoms with van der Waals surface area (Å²) in [4.78, 5) is 40.8. The molecule has 2 aromatic rings. The van der Waals surface area contributed by atoms with Crippen molar-refractivity contribution in [3.8, 4) is 5.75 Å². The molecule has 0 bridgehead atoms. The van der Waals surface area contributed by atoms with Crippen LogP contribution in [-0.2, 0) is 25.5 Å². The van der Waals surface area contributed by atoms with Crippen LogP contribution in [0.5, 0.6) is 5.75 Å². The first kappa shape index (κ1) is 30.6. The van der Waals surface area contributed by atoms with Crippen LogP contribution in [0.2, 0.25) is 5.02 Å². The van der Waals surface area contributed by atoms with E-state index in [1.54, 1.807) is 12.1 Å². The van der Waals surface area contributed by atoms with Crippen LogP contribution in [0.15, 0.2) is 54.6 Å². The normalized spacial score (nSPS) is 26.0. The van der Waals surface area contributed by atoms with Gasteiger partial charge in [0, 0.05) is 43.1 Å². The second-order valence-electron chi connectivity index (χ2n) is 10.6. The van der Waals surface area contributed by atoms with Gasteiger partial charge in [-0.05, 0) is 29.7 Å². The minimum absolute atomic E-state index is 0.00155. The molecule has 2 heterocycles. The first-order valence-electron chi connectivity index (χ1n) is 14.2. The number of benzene rings is 2. The van der Waals surface area contributed by atoms with Crippen molar-refractivity contribution in [2.75, 3.05) is 32.9 Å². The lowest BCUT2D eigenvalue weighted by atomic mass is 9.92. The van der Waals surface area contributed by atoms with Gasteiger partial charge in [0.2, 0.25) is 17.7 Å². The Bertz CT molecular complexity index is 1230. The zero-order valence-electron chi connectivity index (χ0n) is 23.6. The number of ether oxygens (including phenoxy) is 2. The standard InChI is InChI=1S/C31H39ClN4O5/c1-3-21(2)27-29(38)36-31(14-17-40-20-31)30(39)35-25(19-22-10-12-24(32)13-11-22)28(37)34-15-6-8-23-7-4-5-9-26(23)41-18-16-33-27/h4-13,21,25,27,33H,3,14-20H2,1-2H3,(H,34,37)(H,35,39)(H,36,38)/b8-6-. The molecule has 0 radical (unpaired) electrons. The van der Waals surface area contributed by atoms with Gasteiger partial charge in [0.1, 0.15) is 23.9 Å². The number of nitrogens with one attached hydrogen (secondary N) is 4. The molecule has 4 rings (SSSR count). The zero-order chi connectivity index (χ0) is 29.2. The highest BCUT2D eigenvalue weighted by atomic mass is 35.5. The lowest BCUT2D eigenvalue weighted by Gasteiger charge is -2.33. The van der Waals surface area contributed by atoms with E-state index < -0.39 is 23.5 Å². The maximum absolute atomic E-state index is 13.8.